The van der Waals surface area contributed by atoms with E-state index >= 15 is 0 Å². The molecule has 3 rings (SSSR count). The second-order valence-corrected chi connectivity index (χ2v) is 6.85. The second kappa shape index (κ2) is 11.0. The molecule has 0 spiro atoms. The van der Waals surface area contributed by atoms with Crippen LogP contribution in [0.5, 0.6) is 0 Å². The van der Waals surface area contributed by atoms with Crippen molar-refractivity contribution >= 4 is 28.5 Å². The van der Waals surface area contributed by atoms with Gasteiger partial charge in [0.25, 0.3) is 0 Å². The number of esters is 1. The molecule has 0 fully saturated rings. The molecule has 0 unspecified atom stereocenters. The number of aromatic nitrogens is 1. The molecule has 0 N–H and O–H groups in total. The van der Waals surface area contributed by atoms with Gasteiger partial charge in [0.1, 0.15) is 5.69 Å². The van der Waals surface area contributed by atoms with Crippen molar-refractivity contribution in [2.45, 2.75) is 36.5 Å². The molecule has 27 heavy (non-hydrogen) atoms. The van der Waals surface area contributed by atoms with Gasteiger partial charge in [0, 0.05) is 28.3 Å². The summed E-state index contributed by atoms with van der Waals surface area (Å²) in [5.74, 6) is -0.354. The van der Waals surface area contributed by atoms with Crippen LogP contribution in [0.2, 0.25) is 0 Å². The Balaban J connectivity index is 0.000000817. The van der Waals surface area contributed by atoms with Crippen molar-refractivity contribution < 1.29 is 9.53 Å². The van der Waals surface area contributed by atoms with E-state index in [1.807, 2.05) is 24.3 Å². The summed E-state index contributed by atoms with van der Waals surface area (Å²) in [6.07, 6.45) is 3.61. The monoisotopic (exact) mass is 378 g/mol. The fraction of sp³-hybridized carbons (Fsp3) is 0.227. The number of rotatable bonds is 6. The van der Waals surface area contributed by atoms with E-state index in [4.69, 9.17) is 10.00 Å². The Morgan fingerprint density at radius 1 is 1.11 bits per heavy atom. The van der Waals surface area contributed by atoms with Crippen molar-refractivity contribution in [3.63, 3.8) is 0 Å². The second-order valence-electron chi connectivity index (χ2n) is 5.71. The molecule has 0 radical (unpaired) electrons. The van der Waals surface area contributed by atoms with Crippen molar-refractivity contribution in [3.8, 4) is 6.07 Å². The number of hydrogen-bond donors (Lipinski definition) is 0. The first-order valence-corrected chi connectivity index (χ1v) is 9.60. The van der Waals surface area contributed by atoms with Crippen molar-refractivity contribution in [1.29, 1.82) is 5.26 Å². The first kappa shape index (κ1) is 20.5. The molecular weight excluding hydrogens is 356 g/mol. The quantitative estimate of drug-likeness (QED) is 0.396. The van der Waals surface area contributed by atoms with Crippen LogP contribution in [0.15, 0.2) is 70.6 Å². The average Bonchev–Trinajstić information content (AvgIpc) is 2.69. The zero-order chi connectivity index (χ0) is 19.5. The smallest absolute Gasteiger partial charge is 0.356 e. The minimum absolute atomic E-state index is 0.354. The molecule has 0 amide bonds. The van der Waals surface area contributed by atoms with Crippen LogP contribution >= 0.6 is 11.8 Å². The van der Waals surface area contributed by atoms with Crippen LogP contribution in [0.4, 0.5) is 0 Å². The van der Waals surface area contributed by atoms with E-state index in [9.17, 15) is 4.79 Å². The third-order valence-electron chi connectivity index (χ3n) is 3.61. The van der Waals surface area contributed by atoms with Gasteiger partial charge >= 0.3 is 5.97 Å². The Morgan fingerprint density at radius 2 is 1.85 bits per heavy atom. The molecule has 0 aliphatic rings. The van der Waals surface area contributed by atoms with Crippen LogP contribution in [0.1, 0.15) is 37.2 Å². The Bertz CT molecular complexity index is 920. The fourth-order valence-electron chi connectivity index (χ4n) is 2.30. The van der Waals surface area contributed by atoms with Gasteiger partial charge < -0.3 is 4.74 Å². The zero-order valence-electron chi connectivity index (χ0n) is 15.5. The maximum atomic E-state index is 12.0. The molecule has 0 aliphatic carbocycles. The lowest BCUT2D eigenvalue weighted by molar-refractivity contribution is 0.0493. The van der Waals surface area contributed by atoms with Crippen molar-refractivity contribution in [2.75, 3.05) is 6.61 Å². The van der Waals surface area contributed by atoms with Gasteiger partial charge in [-0.3, -0.25) is 0 Å². The van der Waals surface area contributed by atoms with Gasteiger partial charge in [-0.25, -0.2) is 9.78 Å². The van der Waals surface area contributed by atoms with E-state index in [1.165, 1.54) is 11.8 Å². The number of nitrogens with zero attached hydrogens (tertiary/aromatic N) is 2. The van der Waals surface area contributed by atoms with Crippen LogP contribution in [-0.4, -0.2) is 17.6 Å². The maximum absolute atomic E-state index is 12.0. The topological polar surface area (TPSA) is 63.0 Å². The summed E-state index contributed by atoms with van der Waals surface area (Å²) in [4.78, 5) is 18.6. The number of nitriles is 1. The lowest BCUT2D eigenvalue weighted by atomic mass is 10.1. The van der Waals surface area contributed by atoms with E-state index in [0.29, 0.717) is 12.3 Å². The summed E-state index contributed by atoms with van der Waals surface area (Å²) >= 11 is 1.71. The summed E-state index contributed by atoms with van der Waals surface area (Å²) in [5.41, 5.74) is 0.363. The van der Waals surface area contributed by atoms with Crippen LogP contribution in [0, 0.1) is 11.3 Å². The van der Waals surface area contributed by atoms with Crippen LogP contribution in [0.25, 0.3) is 10.8 Å². The first-order valence-electron chi connectivity index (χ1n) is 8.78. The number of hydrogen-bond acceptors (Lipinski definition) is 5. The summed E-state index contributed by atoms with van der Waals surface area (Å²) in [6.45, 7) is 3.94. The van der Waals surface area contributed by atoms with Crippen molar-refractivity contribution in [1.82, 2.24) is 4.98 Å². The first-order chi connectivity index (χ1) is 13.2. The van der Waals surface area contributed by atoms with Crippen LogP contribution < -0.4 is 0 Å². The lowest BCUT2D eigenvalue weighted by Gasteiger charge is -2.06. The number of unbranched alkanes of at least 4 members (excludes halogenated alkanes) is 1. The highest BCUT2D eigenvalue weighted by atomic mass is 32.2. The Labute approximate surface area is 164 Å². The number of ether oxygens (including phenoxy) is 1. The molecule has 0 saturated carbocycles. The zero-order valence-corrected chi connectivity index (χ0v) is 16.3. The summed E-state index contributed by atoms with van der Waals surface area (Å²) in [5, 5.41) is 9.32. The Kier molecular flexibility index (Phi) is 8.34. The maximum Gasteiger partial charge on any atom is 0.356 e. The van der Waals surface area contributed by atoms with Gasteiger partial charge in [-0.05, 0) is 42.1 Å². The largest absolute Gasteiger partial charge is 0.461 e. The molecule has 3 aromatic rings. The third-order valence-corrected chi connectivity index (χ3v) is 4.61. The highest BCUT2D eigenvalue weighted by Gasteiger charge is 2.10. The van der Waals surface area contributed by atoms with E-state index in [2.05, 4.69) is 36.2 Å². The molecule has 1 aromatic heterocycles. The summed E-state index contributed by atoms with van der Waals surface area (Å²) < 4.78 is 5.21. The highest BCUT2D eigenvalue weighted by molar-refractivity contribution is 7.99. The van der Waals surface area contributed by atoms with Gasteiger partial charge in [0.15, 0.2) is 0 Å². The van der Waals surface area contributed by atoms with E-state index in [1.54, 1.807) is 30.1 Å². The molecule has 0 saturated heterocycles. The Morgan fingerprint density at radius 3 is 2.56 bits per heavy atom. The van der Waals surface area contributed by atoms with Gasteiger partial charge in [-0.1, -0.05) is 49.4 Å². The number of carbonyl (C=O) groups is 1. The van der Waals surface area contributed by atoms with E-state index in [0.717, 1.165) is 28.5 Å². The van der Waals surface area contributed by atoms with E-state index in [-0.39, 0.29) is 5.97 Å². The fourth-order valence-corrected chi connectivity index (χ4v) is 3.19. The van der Waals surface area contributed by atoms with Crippen LogP contribution in [0.3, 0.4) is 0 Å². The lowest BCUT2D eigenvalue weighted by Crippen LogP contribution is -2.08. The summed E-state index contributed by atoms with van der Waals surface area (Å²) in [7, 11) is 0. The molecule has 4 nitrogen and oxygen atoms in total. The molecule has 2 aromatic carbocycles. The number of benzene rings is 2. The van der Waals surface area contributed by atoms with Crippen molar-refractivity contribution in [2.24, 2.45) is 0 Å². The molecule has 5 heteroatoms. The molecule has 1 heterocycles. The number of fused-ring (bicyclic) bond motifs is 1. The molecule has 138 valence electrons. The predicted octanol–water partition coefficient (Wildman–Crippen LogP) is 5.87. The minimum atomic E-state index is -0.354. The summed E-state index contributed by atoms with van der Waals surface area (Å²) in [6, 6.07) is 20.0. The normalized spacial score (nSPS) is 9.81. The molecular formula is C22H22N2O2S. The van der Waals surface area contributed by atoms with Gasteiger partial charge in [0.2, 0.25) is 0 Å². The number of pyridine rings is 1. The van der Waals surface area contributed by atoms with Crippen molar-refractivity contribution in [3.05, 3.63) is 66.5 Å². The average molecular weight is 378 g/mol. The molecule has 0 bridgehead atoms. The standard InChI is InChI=1S/C20H19NO2S.C2H3N/c1-2-3-11-23-20(22)19-13-15-9-10-18(12-16(15)14-21-19)24-17-7-5-4-6-8-17;1-2-3/h4-10,12-14H,2-3,11H2,1H3;1H3. The minimum Gasteiger partial charge on any atom is -0.461 e. The van der Waals surface area contributed by atoms with Gasteiger partial charge in [0.05, 0.1) is 12.7 Å². The predicted molar refractivity (Wildman–Crippen MR) is 109 cm³/mol. The molecule has 0 atom stereocenters. The highest BCUT2D eigenvalue weighted by Crippen LogP contribution is 2.29. The molecule has 0 aliphatic heterocycles. The third kappa shape index (κ3) is 6.43. The Hall–Kier alpha value is -2.84. The van der Waals surface area contributed by atoms with Gasteiger partial charge in [-0.2, -0.15) is 5.26 Å². The van der Waals surface area contributed by atoms with E-state index < -0.39 is 0 Å². The SMILES string of the molecule is CC#N.CCCCOC(=O)c1cc2ccc(Sc3ccccc3)cc2cn1. The van der Waals surface area contributed by atoms with Gasteiger partial charge in [-0.15, -0.1) is 0 Å². The van der Waals surface area contributed by atoms with Crippen LogP contribution in [-0.2, 0) is 4.74 Å². The number of carbonyl (C=O) groups excluding carboxylic acids is 1.